The van der Waals surface area contributed by atoms with E-state index in [2.05, 4.69) is 17.0 Å². The van der Waals surface area contributed by atoms with Crippen LogP contribution in [0.4, 0.5) is 0 Å². The Labute approximate surface area is 68.8 Å². The van der Waals surface area contributed by atoms with Crippen molar-refractivity contribution in [1.82, 2.24) is 5.32 Å². The van der Waals surface area contributed by atoms with Gasteiger partial charge in [-0.25, -0.2) is 0 Å². The lowest BCUT2D eigenvalue weighted by atomic mass is 10.2. The van der Waals surface area contributed by atoms with Gasteiger partial charge in [0.25, 0.3) is 0 Å². The van der Waals surface area contributed by atoms with E-state index in [1.165, 1.54) is 15.3 Å². The lowest BCUT2D eigenvalue weighted by molar-refractivity contribution is 0.761. The molecule has 0 amide bonds. The second-order valence-corrected chi connectivity index (χ2v) is 4.29. The van der Waals surface area contributed by atoms with Gasteiger partial charge in [-0.2, -0.15) is 0 Å². The smallest absolute Gasteiger partial charge is 0.0644 e. The molecule has 54 valence electrons. The minimum atomic E-state index is 1.08. The first kappa shape index (κ1) is 6.70. The number of thioether (sulfide) groups is 1. The third-order valence-corrected chi connectivity index (χ3v) is 4.01. The van der Waals surface area contributed by atoms with Crippen LogP contribution < -0.4 is 5.32 Å². The van der Waals surface area contributed by atoms with Crippen LogP contribution in [-0.4, -0.2) is 6.26 Å². The van der Waals surface area contributed by atoms with E-state index in [4.69, 9.17) is 0 Å². The van der Waals surface area contributed by atoms with Crippen LogP contribution in [0.25, 0.3) is 0 Å². The van der Waals surface area contributed by atoms with Gasteiger partial charge in [-0.3, -0.25) is 0 Å². The van der Waals surface area contributed by atoms with Crippen molar-refractivity contribution in [2.24, 2.45) is 0 Å². The van der Waals surface area contributed by atoms with Crippen molar-refractivity contribution in [3.8, 4) is 0 Å². The number of hydrogen-bond donors (Lipinski definition) is 1. The molecular weight excluding hydrogens is 162 g/mol. The minimum Gasteiger partial charge on any atom is -0.308 e. The Hall–Kier alpha value is 0.01000. The maximum Gasteiger partial charge on any atom is 0.0644 e. The Morgan fingerprint density at radius 1 is 1.60 bits per heavy atom. The highest BCUT2D eigenvalue weighted by molar-refractivity contribution is 8.00. The quantitative estimate of drug-likeness (QED) is 0.649. The summed E-state index contributed by atoms with van der Waals surface area (Å²) < 4.78 is 1.49. The third kappa shape index (κ3) is 0.892. The Morgan fingerprint density at radius 3 is 3.30 bits per heavy atom. The summed E-state index contributed by atoms with van der Waals surface area (Å²) >= 11 is 3.73. The first-order chi connectivity index (χ1) is 4.92. The molecule has 1 aromatic heterocycles. The molecule has 0 radical (unpaired) electrons. The minimum absolute atomic E-state index is 1.08. The van der Waals surface area contributed by atoms with E-state index in [0.29, 0.717) is 0 Å². The first-order valence-corrected chi connectivity index (χ1v) is 5.36. The lowest BCUT2D eigenvalue weighted by Crippen LogP contribution is -2.00. The standard InChI is InChI=1S/C7H9NS2/c1-9-7-6-3-8-2-5(6)4-10-7/h4,8H,2-3H2,1H3. The predicted molar refractivity (Wildman–Crippen MR) is 46.6 cm³/mol. The van der Waals surface area contributed by atoms with Crippen LogP contribution in [-0.2, 0) is 13.1 Å². The summed E-state index contributed by atoms with van der Waals surface area (Å²) in [6.07, 6.45) is 2.14. The Morgan fingerprint density at radius 2 is 2.50 bits per heavy atom. The normalized spacial score (nSPS) is 15.7. The highest BCUT2D eigenvalue weighted by Gasteiger charge is 2.14. The zero-order valence-corrected chi connectivity index (χ0v) is 7.44. The highest BCUT2D eigenvalue weighted by atomic mass is 32.2. The molecule has 2 heterocycles. The van der Waals surface area contributed by atoms with Gasteiger partial charge >= 0.3 is 0 Å². The predicted octanol–water partition coefficient (Wildman–Crippen LogP) is 2.07. The van der Waals surface area contributed by atoms with Crippen molar-refractivity contribution in [1.29, 1.82) is 0 Å². The fourth-order valence-electron chi connectivity index (χ4n) is 1.23. The Kier molecular flexibility index (Phi) is 1.72. The van der Waals surface area contributed by atoms with Crippen molar-refractivity contribution in [2.45, 2.75) is 17.3 Å². The van der Waals surface area contributed by atoms with Crippen LogP contribution in [0.2, 0.25) is 0 Å². The average molecular weight is 171 g/mol. The second-order valence-electron chi connectivity index (χ2n) is 2.33. The molecule has 0 bridgehead atoms. The van der Waals surface area contributed by atoms with Crippen LogP contribution in [0.1, 0.15) is 11.1 Å². The maximum absolute atomic E-state index is 3.34. The largest absolute Gasteiger partial charge is 0.308 e. The second kappa shape index (κ2) is 2.57. The van der Waals surface area contributed by atoms with Gasteiger partial charge in [-0.1, -0.05) is 0 Å². The number of thiophene rings is 1. The molecule has 0 aliphatic carbocycles. The summed E-state index contributed by atoms with van der Waals surface area (Å²) in [5, 5.41) is 5.60. The van der Waals surface area contributed by atoms with Crippen LogP contribution in [0.3, 0.4) is 0 Å². The summed E-state index contributed by atoms with van der Waals surface area (Å²) in [4.78, 5) is 0. The molecule has 0 aromatic carbocycles. The van der Waals surface area contributed by atoms with Gasteiger partial charge in [0.2, 0.25) is 0 Å². The molecule has 2 rings (SSSR count). The summed E-state index contributed by atoms with van der Waals surface area (Å²) in [5.74, 6) is 0. The number of hydrogen-bond acceptors (Lipinski definition) is 3. The molecule has 1 N–H and O–H groups in total. The Balaban J connectivity index is 2.44. The highest BCUT2D eigenvalue weighted by Crippen LogP contribution is 2.32. The molecule has 3 heteroatoms. The van der Waals surface area contributed by atoms with E-state index in [1.54, 1.807) is 0 Å². The third-order valence-electron chi connectivity index (χ3n) is 1.74. The summed E-state index contributed by atoms with van der Waals surface area (Å²) in [5.41, 5.74) is 3.05. The molecular formula is C7H9NS2. The molecule has 0 atom stereocenters. The fraction of sp³-hybridized carbons (Fsp3) is 0.429. The molecule has 1 aliphatic heterocycles. The molecule has 0 fully saturated rings. The van der Waals surface area contributed by atoms with E-state index in [0.717, 1.165) is 13.1 Å². The molecule has 1 aliphatic rings. The van der Waals surface area contributed by atoms with Crippen molar-refractivity contribution >= 4 is 23.1 Å². The lowest BCUT2D eigenvalue weighted by Gasteiger charge is -1.92. The van der Waals surface area contributed by atoms with Crippen LogP contribution in [0, 0.1) is 0 Å². The SMILES string of the molecule is CSc1scc2c1CNC2. The summed E-state index contributed by atoms with van der Waals surface area (Å²) in [6, 6.07) is 0. The van der Waals surface area contributed by atoms with E-state index < -0.39 is 0 Å². The van der Waals surface area contributed by atoms with Gasteiger partial charge in [-0.05, 0) is 22.8 Å². The van der Waals surface area contributed by atoms with Crippen molar-refractivity contribution in [3.63, 3.8) is 0 Å². The molecule has 1 nitrogen and oxygen atoms in total. The number of nitrogens with one attached hydrogen (secondary N) is 1. The monoisotopic (exact) mass is 171 g/mol. The summed E-state index contributed by atoms with van der Waals surface area (Å²) in [6.45, 7) is 2.15. The molecule has 0 saturated carbocycles. The number of fused-ring (bicyclic) bond motifs is 1. The first-order valence-electron chi connectivity index (χ1n) is 3.26. The Bertz CT molecular complexity index is 242. The van der Waals surface area contributed by atoms with E-state index in [-0.39, 0.29) is 0 Å². The zero-order valence-electron chi connectivity index (χ0n) is 5.81. The number of rotatable bonds is 1. The van der Waals surface area contributed by atoms with Crippen LogP contribution >= 0.6 is 23.1 Å². The fourth-order valence-corrected chi connectivity index (χ4v) is 3.02. The molecule has 10 heavy (non-hydrogen) atoms. The van der Waals surface area contributed by atoms with E-state index >= 15 is 0 Å². The van der Waals surface area contributed by atoms with E-state index in [1.807, 2.05) is 23.1 Å². The van der Waals surface area contributed by atoms with Gasteiger partial charge in [0.1, 0.15) is 0 Å². The molecule has 0 spiro atoms. The zero-order chi connectivity index (χ0) is 6.97. The van der Waals surface area contributed by atoms with Gasteiger partial charge in [-0.15, -0.1) is 23.1 Å². The summed E-state index contributed by atoms with van der Waals surface area (Å²) in [7, 11) is 0. The van der Waals surface area contributed by atoms with E-state index in [9.17, 15) is 0 Å². The van der Waals surface area contributed by atoms with Crippen LogP contribution in [0.5, 0.6) is 0 Å². The van der Waals surface area contributed by atoms with Gasteiger partial charge in [0.15, 0.2) is 0 Å². The van der Waals surface area contributed by atoms with Crippen molar-refractivity contribution < 1.29 is 0 Å². The van der Waals surface area contributed by atoms with Gasteiger partial charge in [0.05, 0.1) is 4.21 Å². The molecule has 1 aromatic rings. The topological polar surface area (TPSA) is 12.0 Å². The maximum atomic E-state index is 3.34. The average Bonchev–Trinajstić information content (AvgIpc) is 2.44. The molecule has 0 saturated heterocycles. The van der Waals surface area contributed by atoms with Crippen molar-refractivity contribution in [3.05, 3.63) is 16.5 Å². The molecule has 0 unspecified atom stereocenters. The van der Waals surface area contributed by atoms with Crippen molar-refractivity contribution in [2.75, 3.05) is 6.26 Å². The van der Waals surface area contributed by atoms with Gasteiger partial charge in [0, 0.05) is 13.1 Å². The van der Waals surface area contributed by atoms with Crippen LogP contribution in [0.15, 0.2) is 9.59 Å². The van der Waals surface area contributed by atoms with Gasteiger partial charge < -0.3 is 5.32 Å².